The van der Waals surface area contributed by atoms with E-state index in [0.29, 0.717) is 23.0 Å². The third kappa shape index (κ3) is 4.34. The SMILES string of the molecule is Cc1ccccc1-c1noc(CC(=O)NCC(=O)Nc2ccc3c(c2)OCO3)n1. The van der Waals surface area contributed by atoms with Gasteiger partial charge in [0.15, 0.2) is 11.5 Å². The fourth-order valence-electron chi connectivity index (χ4n) is 2.82. The number of ether oxygens (including phenoxy) is 2. The smallest absolute Gasteiger partial charge is 0.243 e. The van der Waals surface area contributed by atoms with E-state index in [9.17, 15) is 9.59 Å². The first kappa shape index (κ1) is 18.5. The number of aryl methyl sites for hydroxylation is 1. The standard InChI is InChI=1S/C20H18N4O5/c1-12-4-2-3-5-14(12)20-23-19(29-24-20)9-17(25)21-10-18(26)22-13-6-7-15-16(8-13)28-11-27-15/h2-8H,9-11H2,1H3,(H,21,25)(H,22,26). The van der Waals surface area contributed by atoms with Gasteiger partial charge < -0.3 is 24.6 Å². The van der Waals surface area contributed by atoms with Crippen LogP contribution in [0, 0.1) is 6.92 Å². The lowest BCUT2D eigenvalue weighted by molar-refractivity contribution is -0.124. The Morgan fingerprint density at radius 3 is 2.76 bits per heavy atom. The zero-order valence-corrected chi connectivity index (χ0v) is 15.6. The maximum atomic E-state index is 12.1. The molecule has 0 unspecified atom stereocenters. The Hall–Kier alpha value is -3.88. The quantitative estimate of drug-likeness (QED) is 0.657. The summed E-state index contributed by atoms with van der Waals surface area (Å²) in [6.07, 6.45) is -0.115. The van der Waals surface area contributed by atoms with E-state index in [-0.39, 0.29) is 31.6 Å². The van der Waals surface area contributed by atoms with Crippen molar-refractivity contribution in [3.63, 3.8) is 0 Å². The molecule has 9 nitrogen and oxygen atoms in total. The molecule has 1 aromatic heterocycles. The average molecular weight is 394 g/mol. The van der Waals surface area contributed by atoms with E-state index in [0.717, 1.165) is 11.1 Å². The highest BCUT2D eigenvalue weighted by atomic mass is 16.7. The van der Waals surface area contributed by atoms with Crippen molar-refractivity contribution < 1.29 is 23.6 Å². The zero-order chi connectivity index (χ0) is 20.2. The van der Waals surface area contributed by atoms with Crippen LogP contribution >= 0.6 is 0 Å². The molecule has 2 aromatic carbocycles. The number of nitrogens with one attached hydrogen (secondary N) is 2. The Kier molecular flexibility index (Phi) is 5.10. The van der Waals surface area contributed by atoms with Crippen LogP contribution in [0.2, 0.25) is 0 Å². The lowest BCUT2D eigenvalue weighted by Gasteiger charge is -2.07. The second-order valence-electron chi connectivity index (χ2n) is 6.40. The monoisotopic (exact) mass is 394 g/mol. The number of rotatable bonds is 6. The van der Waals surface area contributed by atoms with Crippen LogP contribution in [0.25, 0.3) is 11.4 Å². The van der Waals surface area contributed by atoms with Crippen molar-refractivity contribution in [2.75, 3.05) is 18.7 Å². The molecule has 9 heteroatoms. The van der Waals surface area contributed by atoms with Crippen molar-refractivity contribution in [2.45, 2.75) is 13.3 Å². The van der Waals surface area contributed by atoms with Gasteiger partial charge in [-0.25, -0.2) is 0 Å². The summed E-state index contributed by atoms with van der Waals surface area (Å²) < 4.78 is 15.6. The van der Waals surface area contributed by atoms with Crippen LogP contribution in [0.4, 0.5) is 5.69 Å². The van der Waals surface area contributed by atoms with E-state index in [1.54, 1.807) is 18.2 Å². The normalized spacial score (nSPS) is 11.9. The number of benzene rings is 2. The van der Waals surface area contributed by atoms with E-state index < -0.39 is 5.91 Å². The molecule has 2 N–H and O–H groups in total. The summed E-state index contributed by atoms with van der Waals surface area (Å²) in [5, 5.41) is 9.12. The van der Waals surface area contributed by atoms with Crippen LogP contribution in [0.5, 0.6) is 11.5 Å². The largest absolute Gasteiger partial charge is 0.454 e. The van der Waals surface area contributed by atoms with Gasteiger partial charge in [-0.1, -0.05) is 29.4 Å². The topological polar surface area (TPSA) is 116 Å². The van der Waals surface area contributed by atoms with Gasteiger partial charge >= 0.3 is 0 Å². The summed E-state index contributed by atoms with van der Waals surface area (Å²) in [5.41, 5.74) is 2.39. The van der Waals surface area contributed by atoms with Gasteiger partial charge in [0.05, 0.1) is 6.54 Å². The first-order valence-corrected chi connectivity index (χ1v) is 8.93. The molecule has 0 saturated heterocycles. The molecule has 0 spiro atoms. The summed E-state index contributed by atoms with van der Waals surface area (Å²) in [6, 6.07) is 12.7. The lowest BCUT2D eigenvalue weighted by Crippen LogP contribution is -2.33. The Labute approximate surface area is 166 Å². The van der Waals surface area contributed by atoms with Crippen LogP contribution in [0.3, 0.4) is 0 Å². The highest BCUT2D eigenvalue weighted by molar-refractivity contribution is 5.95. The third-order valence-corrected chi connectivity index (χ3v) is 4.27. The molecule has 0 saturated carbocycles. The van der Waals surface area contributed by atoms with Gasteiger partial charge in [-0.05, 0) is 24.6 Å². The van der Waals surface area contributed by atoms with Crippen molar-refractivity contribution in [1.82, 2.24) is 15.5 Å². The minimum absolute atomic E-state index is 0.115. The fourth-order valence-corrected chi connectivity index (χ4v) is 2.82. The second kappa shape index (κ2) is 8.01. The van der Waals surface area contributed by atoms with Crippen molar-refractivity contribution in [2.24, 2.45) is 0 Å². The van der Waals surface area contributed by atoms with E-state index in [2.05, 4.69) is 20.8 Å². The maximum absolute atomic E-state index is 12.1. The number of hydrogen-bond donors (Lipinski definition) is 2. The Morgan fingerprint density at radius 1 is 1.07 bits per heavy atom. The molecule has 0 bridgehead atoms. The van der Waals surface area contributed by atoms with Crippen molar-refractivity contribution in [1.29, 1.82) is 0 Å². The molecule has 148 valence electrons. The van der Waals surface area contributed by atoms with Crippen molar-refractivity contribution in [3.05, 3.63) is 53.9 Å². The first-order chi connectivity index (χ1) is 14.1. The number of fused-ring (bicyclic) bond motifs is 1. The number of aromatic nitrogens is 2. The molecule has 4 rings (SSSR count). The number of carbonyl (C=O) groups excluding carboxylic acids is 2. The number of hydrogen-bond acceptors (Lipinski definition) is 7. The molecule has 3 aromatic rings. The molecule has 0 radical (unpaired) electrons. The van der Waals surface area contributed by atoms with E-state index in [1.807, 2.05) is 31.2 Å². The molecule has 1 aliphatic rings. The molecule has 2 heterocycles. The second-order valence-corrected chi connectivity index (χ2v) is 6.40. The Morgan fingerprint density at radius 2 is 1.90 bits per heavy atom. The number of anilines is 1. The maximum Gasteiger partial charge on any atom is 0.243 e. The number of nitrogens with zero attached hydrogens (tertiary/aromatic N) is 2. The highest BCUT2D eigenvalue weighted by Gasteiger charge is 2.16. The van der Waals surface area contributed by atoms with Crippen LogP contribution in [0.1, 0.15) is 11.5 Å². The summed E-state index contributed by atoms with van der Waals surface area (Å²) >= 11 is 0. The Balaban J connectivity index is 1.28. The molecule has 0 atom stereocenters. The minimum atomic E-state index is -0.397. The van der Waals surface area contributed by atoms with Gasteiger partial charge in [0.1, 0.15) is 6.42 Å². The summed E-state index contributed by atoms with van der Waals surface area (Å²) in [5.74, 6) is 1.02. The molecule has 2 amide bonds. The molecular formula is C20H18N4O5. The fraction of sp³-hybridized carbons (Fsp3) is 0.200. The third-order valence-electron chi connectivity index (χ3n) is 4.27. The zero-order valence-electron chi connectivity index (χ0n) is 15.6. The molecule has 0 aliphatic carbocycles. The molecule has 1 aliphatic heterocycles. The van der Waals surface area contributed by atoms with Crippen molar-refractivity contribution >= 4 is 17.5 Å². The lowest BCUT2D eigenvalue weighted by atomic mass is 10.1. The van der Waals surface area contributed by atoms with Crippen LogP contribution < -0.4 is 20.1 Å². The van der Waals surface area contributed by atoms with Crippen LogP contribution in [-0.4, -0.2) is 35.3 Å². The first-order valence-electron chi connectivity index (χ1n) is 8.93. The molecular weight excluding hydrogens is 376 g/mol. The van der Waals surface area contributed by atoms with Gasteiger partial charge in [0.25, 0.3) is 0 Å². The summed E-state index contributed by atoms with van der Waals surface area (Å²) in [6.45, 7) is 1.91. The van der Waals surface area contributed by atoms with E-state index >= 15 is 0 Å². The number of amides is 2. The van der Waals surface area contributed by atoms with E-state index in [1.165, 1.54) is 0 Å². The summed E-state index contributed by atoms with van der Waals surface area (Å²) in [7, 11) is 0. The predicted octanol–water partition coefficient (Wildman–Crippen LogP) is 2.07. The number of carbonyl (C=O) groups is 2. The van der Waals surface area contributed by atoms with Gasteiger partial charge in [0.2, 0.25) is 30.3 Å². The van der Waals surface area contributed by atoms with Gasteiger partial charge in [0, 0.05) is 17.3 Å². The Bertz CT molecular complexity index is 1060. The van der Waals surface area contributed by atoms with Crippen molar-refractivity contribution in [3.8, 4) is 22.9 Å². The average Bonchev–Trinajstić information content (AvgIpc) is 3.36. The van der Waals surface area contributed by atoms with Gasteiger partial charge in [-0.3, -0.25) is 9.59 Å². The highest BCUT2D eigenvalue weighted by Crippen LogP contribution is 2.34. The summed E-state index contributed by atoms with van der Waals surface area (Å²) in [4.78, 5) is 28.4. The van der Waals surface area contributed by atoms with Gasteiger partial charge in [-0.2, -0.15) is 4.98 Å². The molecule has 29 heavy (non-hydrogen) atoms. The van der Waals surface area contributed by atoms with E-state index in [4.69, 9.17) is 14.0 Å². The van der Waals surface area contributed by atoms with Gasteiger partial charge in [-0.15, -0.1) is 0 Å². The predicted molar refractivity (Wildman–Crippen MR) is 102 cm³/mol. The van der Waals surface area contributed by atoms with Crippen LogP contribution in [-0.2, 0) is 16.0 Å². The van der Waals surface area contributed by atoms with Crippen LogP contribution in [0.15, 0.2) is 47.0 Å². The molecule has 0 fully saturated rings. The minimum Gasteiger partial charge on any atom is -0.454 e.